The van der Waals surface area contributed by atoms with E-state index in [2.05, 4.69) is 5.32 Å². The lowest BCUT2D eigenvalue weighted by atomic mass is 9.94. The van der Waals surface area contributed by atoms with Crippen LogP contribution in [0.3, 0.4) is 0 Å². The number of nitrogens with zero attached hydrogens (tertiary/aromatic N) is 2. The number of fused-ring (bicyclic) bond motifs is 1. The van der Waals surface area contributed by atoms with Crippen molar-refractivity contribution in [2.24, 2.45) is 0 Å². The number of rotatable bonds is 4. The molecular formula is C27H26FN3O4S. The van der Waals surface area contributed by atoms with E-state index in [1.165, 1.54) is 45.6 Å². The molecule has 9 heteroatoms. The standard InChI is InChI=1S/C27H26FN3O4S/c1-18-4-13-24-23(16-18)26(19-5-9-21(28)10-6-19)31(17-25(32)29-24)27(33)20-7-11-22(12-8-20)36(34,35)30-14-2-3-15-30/h4-13,16,26H,2-3,14-15,17H2,1H3,(H,29,32)/t26-/m1/s1. The number of hydrogen-bond donors (Lipinski definition) is 1. The quantitative estimate of drug-likeness (QED) is 0.576. The van der Waals surface area contributed by atoms with Gasteiger partial charge in [-0.05, 0) is 67.8 Å². The van der Waals surface area contributed by atoms with Crippen LogP contribution in [-0.4, -0.2) is 49.1 Å². The second kappa shape index (κ2) is 9.48. The van der Waals surface area contributed by atoms with Crippen molar-refractivity contribution in [3.8, 4) is 0 Å². The number of carbonyl (C=O) groups is 2. The van der Waals surface area contributed by atoms with E-state index >= 15 is 0 Å². The average Bonchev–Trinajstić information content (AvgIpc) is 3.37. The predicted octanol–water partition coefficient (Wildman–Crippen LogP) is 4.10. The van der Waals surface area contributed by atoms with Gasteiger partial charge < -0.3 is 10.2 Å². The summed E-state index contributed by atoms with van der Waals surface area (Å²) < 4.78 is 40.9. The number of nitrogens with one attached hydrogen (secondary N) is 1. The van der Waals surface area contributed by atoms with Crippen LogP contribution in [-0.2, 0) is 14.8 Å². The van der Waals surface area contributed by atoms with Gasteiger partial charge in [0.1, 0.15) is 12.4 Å². The van der Waals surface area contributed by atoms with Gasteiger partial charge in [-0.1, -0.05) is 29.8 Å². The molecule has 186 valence electrons. The highest BCUT2D eigenvalue weighted by Gasteiger charge is 2.34. The molecule has 1 fully saturated rings. The molecule has 0 aromatic heterocycles. The zero-order chi connectivity index (χ0) is 25.4. The number of anilines is 1. The van der Waals surface area contributed by atoms with E-state index in [0.717, 1.165) is 18.4 Å². The minimum atomic E-state index is -3.61. The molecule has 2 heterocycles. The summed E-state index contributed by atoms with van der Waals surface area (Å²) in [5.41, 5.74) is 3.16. The Morgan fingerprint density at radius 2 is 1.64 bits per heavy atom. The van der Waals surface area contributed by atoms with E-state index < -0.39 is 27.8 Å². The Labute approximate surface area is 209 Å². The molecule has 0 spiro atoms. The van der Waals surface area contributed by atoms with Gasteiger partial charge in [-0.3, -0.25) is 9.59 Å². The maximum Gasteiger partial charge on any atom is 0.255 e. The van der Waals surface area contributed by atoms with Crippen molar-refractivity contribution >= 4 is 27.5 Å². The lowest BCUT2D eigenvalue weighted by Gasteiger charge is -2.31. The topological polar surface area (TPSA) is 86.8 Å². The van der Waals surface area contributed by atoms with E-state index in [1.807, 2.05) is 19.1 Å². The summed E-state index contributed by atoms with van der Waals surface area (Å²) in [5.74, 6) is -1.19. The lowest BCUT2D eigenvalue weighted by molar-refractivity contribution is -0.117. The molecule has 0 unspecified atom stereocenters. The number of benzene rings is 3. The minimum absolute atomic E-state index is 0.130. The molecule has 2 aliphatic heterocycles. The molecular weight excluding hydrogens is 481 g/mol. The third-order valence-corrected chi connectivity index (χ3v) is 8.56. The van der Waals surface area contributed by atoms with Crippen molar-refractivity contribution in [1.29, 1.82) is 0 Å². The van der Waals surface area contributed by atoms with E-state index in [9.17, 15) is 22.4 Å². The number of sulfonamides is 1. The van der Waals surface area contributed by atoms with Crippen molar-refractivity contribution in [3.63, 3.8) is 0 Å². The Hall–Kier alpha value is -3.56. The second-order valence-electron chi connectivity index (χ2n) is 9.16. The molecule has 7 nitrogen and oxygen atoms in total. The highest BCUT2D eigenvalue weighted by Crippen LogP contribution is 2.37. The molecule has 36 heavy (non-hydrogen) atoms. The van der Waals surface area contributed by atoms with E-state index in [0.29, 0.717) is 29.9 Å². The first-order valence-corrected chi connectivity index (χ1v) is 13.2. The van der Waals surface area contributed by atoms with Crippen molar-refractivity contribution in [1.82, 2.24) is 9.21 Å². The maximum absolute atomic E-state index is 13.8. The zero-order valence-electron chi connectivity index (χ0n) is 19.8. The van der Waals surface area contributed by atoms with Gasteiger partial charge in [0.2, 0.25) is 15.9 Å². The molecule has 0 saturated carbocycles. The molecule has 2 amide bonds. The number of hydrogen-bond acceptors (Lipinski definition) is 4. The molecule has 2 aliphatic rings. The van der Waals surface area contributed by atoms with Crippen molar-refractivity contribution in [2.75, 3.05) is 25.0 Å². The summed E-state index contributed by atoms with van der Waals surface area (Å²) in [6.07, 6.45) is 1.66. The number of carbonyl (C=O) groups excluding carboxylic acids is 2. The fraction of sp³-hybridized carbons (Fsp3) is 0.259. The first kappa shape index (κ1) is 24.1. The summed E-state index contributed by atoms with van der Waals surface area (Å²) in [6.45, 7) is 2.68. The first-order valence-electron chi connectivity index (χ1n) is 11.8. The normalized spacial score (nSPS) is 18.4. The fourth-order valence-electron chi connectivity index (χ4n) is 4.83. The van der Waals surface area contributed by atoms with E-state index in [1.54, 1.807) is 18.2 Å². The molecule has 1 atom stereocenters. The third kappa shape index (κ3) is 4.52. The highest BCUT2D eigenvalue weighted by molar-refractivity contribution is 7.89. The smallest absolute Gasteiger partial charge is 0.255 e. The van der Waals surface area contributed by atoms with Crippen LogP contribution in [0.1, 0.15) is 45.9 Å². The minimum Gasteiger partial charge on any atom is -0.324 e. The molecule has 0 bridgehead atoms. The Balaban J connectivity index is 1.54. The van der Waals surface area contributed by atoms with Crippen LogP contribution in [0.2, 0.25) is 0 Å². The van der Waals surface area contributed by atoms with E-state index in [-0.39, 0.29) is 22.9 Å². The molecule has 3 aromatic rings. The van der Waals surface area contributed by atoms with Crippen LogP contribution in [0, 0.1) is 12.7 Å². The molecule has 3 aromatic carbocycles. The molecule has 0 aliphatic carbocycles. The van der Waals surface area contributed by atoms with Gasteiger partial charge in [-0.2, -0.15) is 4.31 Å². The van der Waals surface area contributed by atoms with Gasteiger partial charge in [-0.25, -0.2) is 12.8 Å². The lowest BCUT2D eigenvalue weighted by Crippen LogP contribution is -2.39. The molecule has 0 radical (unpaired) electrons. The molecule has 1 saturated heterocycles. The molecule has 5 rings (SSSR count). The van der Waals surface area contributed by atoms with Crippen molar-refractivity contribution in [2.45, 2.75) is 30.7 Å². The van der Waals surface area contributed by atoms with Gasteiger partial charge in [0.05, 0.1) is 10.9 Å². The van der Waals surface area contributed by atoms with Crippen LogP contribution < -0.4 is 5.32 Å². The summed E-state index contributed by atoms with van der Waals surface area (Å²) in [6, 6.07) is 16.6. The van der Waals surface area contributed by atoms with Crippen LogP contribution in [0.4, 0.5) is 10.1 Å². The highest BCUT2D eigenvalue weighted by atomic mass is 32.2. The second-order valence-corrected chi connectivity index (χ2v) is 11.1. The predicted molar refractivity (Wildman–Crippen MR) is 134 cm³/mol. The van der Waals surface area contributed by atoms with Crippen LogP contribution >= 0.6 is 0 Å². The Morgan fingerprint density at radius 1 is 0.972 bits per heavy atom. The number of halogens is 1. The summed E-state index contributed by atoms with van der Waals surface area (Å²) in [4.78, 5) is 28.1. The summed E-state index contributed by atoms with van der Waals surface area (Å²) in [7, 11) is -3.61. The van der Waals surface area contributed by atoms with Gasteiger partial charge in [-0.15, -0.1) is 0 Å². The Kier molecular flexibility index (Phi) is 6.36. The monoisotopic (exact) mass is 507 g/mol. The van der Waals surface area contributed by atoms with Crippen molar-refractivity contribution in [3.05, 3.63) is 94.8 Å². The first-order chi connectivity index (χ1) is 17.2. The largest absolute Gasteiger partial charge is 0.324 e. The Morgan fingerprint density at radius 3 is 2.31 bits per heavy atom. The van der Waals surface area contributed by atoms with Gasteiger partial charge >= 0.3 is 0 Å². The summed E-state index contributed by atoms with van der Waals surface area (Å²) >= 11 is 0. The number of aryl methyl sites for hydroxylation is 1. The van der Waals surface area contributed by atoms with Gasteiger partial charge in [0.15, 0.2) is 0 Å². The van der Waals surface area contributed by atoms with Crippen molar-refractivity contribution < 1.29 is 22.4 Å². The summed E-state index contributed by atoms with van der Waals surface area (Å²) in [5, 5.41) is 2.87. The van der Waals surface area contributed by atoms with Gasteiger partial charge in [0.25, 0.3) is 5.91 Å². The average molecular weight is 508 g/mol. The van der Waals surface area contributed by atoms with E-state index in [4.69, 9.17) is 0 Å². The van der Waals surface area contributed by atoms with Crippen LogP contribution in [0.15, 0.2) is 71.6 Å². The third-order valence-electron chi connectivity index (χ3n) is 6.65. The maximum atomic E-state index is 13.8. The fourth-order valence-corrected chi connectivity index (χ4v) is 6.35. The zero-order valence-corrected chi connectivity index (χ0v) is 20.6. The van der Waals surface area contributed by atoms with Crippen LogP contribution in [0.5, 0.6) is 0 Å². The Bertz CT molecular complexity index is 1420. The molecule has 1 N–H and O–H groups in total. The SMILES string of the molecule is Cc1ccc2c(c1)[C@@H](c1ccc(F)cc1)N(C(=O)c1ccc(S(=O)(=O)N3CCCC3)cc1)CC(=O)N2. The van der Waals surface area contributed by atoms with Gasteiger partial charge in [0, 0.05) is 29.9 Å². The number of amides is 2. The van der Waals surface area contributed by atoms with Crippen LogP contribution in [0.25, 0.3) is 0 Å².